The van der Waals surface area contributed by atoms with Crippen LogP contribution in [0.4, 0.5) is 5.69 Å². The molecule has 136 valence electrons. The molecule has 0 radical (unpaired) electrons. The van der Waals surface area contributed by atoms with E-state index in [4.69, 9.17) is 11.6 Å². The number of rotatable bonds is 3. The minimum absolute atomic E-state index is 0.0821. The van der Waals surface area contributed by atoms with E-state index in [2.05, 4.69) is 9.88 Å². The summed E-state index contributed by atoms with van der Waals surface area (Å²) >= 11 is 7.81. The molecule has 1 atom stereocenters. The third-order valence-corrected chi connectivity index (χ3v) is 6.28. The molecule has 0 spiro atoms. The summed E-state index contributed by atoms with van der Waals surface area (Å²) in [4.78, 5) is 33.1. The van der Waals surface area contributed by atoms with Crippen molar-refractivity contribution in [2.24, 2.45) is 0 Å². The summed E-state index contributed by atoms with van der Waals surface area (Å²) < 4.78 is 1.66. The van der Waals surface area contributed by atoms with Crippen molar-refractivity contribution in [1.82, 2.24) is 14.5 Å². The first-order valence-electron chi connectivity index (χ1n) is 8.61. The highest BCUT2D eigenvalue weighted by molar-refractivity contribution is 7.99. The summed E-state index contributed by atoms with van der Waals surface area (Å²) in [6.07, 6.45) is 1.87. The van der Waals surface area contributed by atoms with E-state index < -0.39 is 0 Å². The third kappa shape index (κ3) is 3.33. The van der Waals surface area contributed by atoms with Gasteiger partial charge < -0.3 is 9.80 Å². The summed E-state index contributed by atoms with van der Waals surface area (Å²) in [5.74, 6) is 0.815. The maximum atomic E-state index is 12.7. The van der Waals surface area contributed by atoms with Crippen molar-refractivity contribution in [3.63, 3.8) is 0 Å². The summed E-state index contributed by atoms with van der Waals surface area (Å²) in [5.41, 5.74) is 0.932. The molecule has 1 aromatic carbocycles. The molecule has 1 unspecified atom stereocenters. The van der Waals surface area contributed by atoms with Crippen LogP contribution >= 0.6 is 23.4 Å². The number of thioether (sulfide) groups is 1. The van der Waals surface area contributed by atoms with Crippen molar-refractivity contribution in [1.29, 1.82) is 0 Å². The molecule has 26 heavy (non-hydrogen) atoms. The maximum Gasteiger partial charge on any atom is 0.254 e. The normalized spacial score (nSPS) is 19.5. The van der Waals surface area contributed by atoms with E-state index in [0.29, 0.717) is 24.7 Å². The van der Waals surface area contributed by atoms with Crippen LogP contribution in [0, 0.1) is 0 Å². The van der Waals surface area contributed by atoms with Gasteiger partial charge in [-0.2, -0.15) is 0 Å². The molecule has 8 heteroatoms. The first-order chi connectivity index (χ1) is 12.6. The lowest BCUT2D eigenvalue weighted by molar-refractivity contribution is -0.132. The van der Waals surface area contributed by atoms with E-state index in [0.717, 1.165) is 29.6 Å². The number of piperazine rings is 1. The number of benzene rings is 1. The highest BCUT2D eigenvalue weighted by atomic mass is 35.5. The molecule has 6 nitrogen and oxygen atoms in total. The van der Waals surface area contributed by atoms with Crippen LogP contribution < -0.4 is 10.5 Å². The van der Waals surface area contributed by atoms with Crippen molar-refractivity contribution in [3.8, 4) is 0 Å². The summed E-state index contributed by atoms with van der Waals surface area (Å²) in [6.45, 7) is 2.84. The van der Waals surface area contributed by atoms with Gasteiger partial charge in [-0.25, -0.2) is 4.98 Å². The van der Waals surface area contributed by atoms with Crippen LogP contribution in [0.5, 0.6) is 0 Å². The zero-order valence-electron chi connectivity index (χ0n) is 14.2. The number of aromatic nitrogens is 2. The molecule has 2 aliphatic rings. The molecule has 1 fully saturated rings. The largest absolute Gasteiger partial charge is 0.367 e. The number of halogens is 1. The lowest BCUT2D eigenvalue weighted by atomic mass is 10.2. The lowest BCUT2D eigenvalue weighted by Crippen LogP contribution is -2.49. The second-order valence-electron chi connectivity index (χ2n) is 6.42. The van der Waals surface area contributed by atoms with Crippen LogP contribution in [-0.2, 0) is 4.79 Å². The van der Waals surface area contributed by atoms with Crippen LogP contribution in [0.25, 0.3) is 0 Å². The minimum Gasteiger partial charge on any atom is -0.367 e. The van der Waals surface area contributed by atoms with Gasteiger partial charge in [0.15, 0.2) is 5.16 Å². The van der Waals surface area contributed by atoms with Gasteiger partial charge in [-0.05, 0) is 12.1 Å². The Bertz CT molecular complexity index is 879. The van der Waals surface area contributed by atoms with Crippen molar-refractivity contribution < 1.29 is 4.79 Å². The van der Waals surface area contributed by atoms with E-state index >= 15 is 0 Å². The molecule has 1 saturated heterocycles. The Balaban J connectivity index is 1.38. The molecule has 0 N–H and O–H groups in total. The molecule has 1 amide bonds. The monoisotopic (exact) mass is 390 g/mol. The van der Waals surface area contributed by atoms with Crippen LogP contribution in [-0.4, -0.2) is 52.3 Å². The van der Waals surface area contributed by atoms with E-state index in [1.165, 1.54) is 24.0 Å². The number of hydrogen-bond acceptors (Lipinski definition) is 5. The smallest absolute Gasteiger partial charge is 0.254 e. The molecule has 3 heterocycles. The molecule has 2 aliphatic heterocycles. The van der Waals surface area contributed by atoms with E-state index in [9.17, 15) is 9.59 Å². The first kappa shape index (κ1) is 17.4. The molecule has 2 aromatic rings. The van der Waals surface area contributed by atoms with Gasteiger partial charge in [0.1, 0.15) is 0 Å². The zero-order chi connectivity index (χ0) is 18.1. The van der Waals surface area contributed by atoms with Crippen molar-refractivity contribution in [2.45, 2.75) is 17.6 Å². The average molecular weight is 391 g/mol. The molecule has 4 rings (SSSR count). The Kier molecular flexibility index (Phi) is 4.91. The molecule has 0 aliphatic carbocycles. The Hall–Kier alpha value is -1.99. The number of fused-ring (bicyclic) bond motifs is 1. The minimum atomic E-state index is -0.106. The van der Waals surface area contributed by atoms with E-state index in [1.807, 2.05) is 29.2 Å². The van der Waals surface area contributed by atoms with Gasteiger partial charge in [0.2, 0.25) is 5.91 Å². The zero-order valence-corrected chi connectivity index (χ0v) is 15.7. The predicted octanol–water partition coefficient (Wildman–Crippen LogP) is 2.28. The number of hydrogen-bond donors (Lipinski definition) is 0. The summed E-state index contributed by atoms with van der Waals surface area (Å²) in [7, 11) is 0. The number of amides is 1. The Morgan fingerprint density at radius 1 is 1.19 bits per heavy atom. The van der Waals surface area contributed by atoms with E-state index in [1.54, 1.807) is 4.57 Å². The topological polar surface area (TPSA) is 58.4 Å². The maximum absolute atomic E-state index is 12.7. The van der Waals surface area contributed by atoms with Gasteiger partial charge in [0.25, 0.3) is 5.56 Å². The van der Waals surface area contributed by atoms with Crippen LogP contribution in [0.2, 0.25) is 5.02 Å². The molecule has 0 bridgehead atoms. The van der Waals surface area contributed by atoms with E-state index in [-0.39, 0.29) is 17.5 Å². The van der Waals surface area contributed by atoms with Gasteiger partial charge in [-0.3, -0.25) is 14.2 Å². The van der Waals surface area contributed by atoms with Crippen LogP contribution in [0.15, 0.2) is 46.5 Å². The first-order valence-corrected chi connectivity index (χ1v) is 9.97. The number of nitrogens with zero attached hydrogens (tertiary/aromatic N) is 4. The second kappa shape index (κ2) is 7.32. The molecular formula is C18H19ClN4O2S. The number of carbonyl (C=O) groups is 1. The Morgan fingerprint density at radius 2 is 1.96 bits per heavy atom. The molecule has 0 saturated carbocycles. The number of carbonyl (C=O) groups excluding carboxylic acids is 1. The van der Waals surface area contributed by atoms with Gasteiger partial charge in [0.05, 0.1) is 16.8 Å². The quantitative estimate of drug-likeness (QED) is 0.752. The molecular weight excluding hydrogens is 372 g/mol. The fourth-order valence-electron chi connectivity index (χ4n) is 3.48. The van der Waals surface area contributed by atoms with Gasteiger partial charge in [0, 0.05) is 50.6 Å². The fourth-order valence-corrected chi connectivity index (χ4v) is 4.85. The predicted molar refractivity (Wildman–Crippen MR) is 103 cm³/mol. The third-order valence-electron chi connectivity index (χ3n) is 4.85. The average Bonchev–Trinajstić information content (AvgIpc) is 3.06. The Morgan fingerprint density at radius 3 is 2.73 bits per heavy atom. The van der Waals surface area contributed by atoms with Crippen LogP contribution in [0.1, 0.15) is 12.5 Å². The van der Waals surface area contributed by atoms with Gasteiger partial charge >= 0.3 is 0 Å². The lowest BCUT2D eigenvalue weighted by Gasteiger charge is -2.37. The molecule has 1 aromatic heterocycles. The summed E-state index contributed by atoms with van der Waals surface area (Å²) in [6, 6.07) is 9.13. The van der Waals surface area contributed by atoms with Crippen molar-refractivity contribution >= 4 is 35.0 Å². The second-order valence-corrected chi connectivity index (χ2v) is 7.82. The van der Waals surface area contributed by atoms with Crippen LogP contribution in [0.3, 0.4) is 0 Å². The number of anilines is 1. The summed E-state index contributed by atoms with van der Waals surface area (Å²) in [5, 5.41) is 1.44. The SMILES string of the molecule is O=C(CC1CSc2nccc(=O)n21)N1CCN(c2ccccc2Cl)CC1. The van der Waals surface area contributed by atoms with Crippen molar-refractivity contribution in [3.05, 3.63) is 51.9 Å². The standard InChI is InChI=1S/C18H19ClN4O2S/c19-14-3-1-2-4-15(14)21-7-9-22(10-8-21)17(25)11-13-12-26-18-20-6-5-16(24)23(13)18/h1-6,13H,7-12H2. The van der Waals surface area contributed by atoms with Gasteiger partial charge in [-0.1, -0.05) is 35.5 Å². The van der Waals surface area contributed by atoms with Crippen molar-refractivity contribution in [2.75, 3.05) is 36.8 Å². The fraction of sp³-hybridized carbons (Fsp3) is 0.389. The highest BCUT2D eigenvalue weighted by Crippen LogP contribution is 2.32. The Labute approximate surface area is 160 Å². The van der Waals surface area contributed by atoms with Gasteiger partial charge in [-0.15, -0.1) is 0 Å². The highest BCUT2D eigenvalue weighted by Gasteiger charge is 2.30. The number of para-hydroxylation sites is 1.